The molecule has 0 aliphatic heterocycles. The van der Waals surface area contributed by atoms with Gasteiger partial charge in [0.15, 0.2) is 0 Å². The van der Waals surface area contributed by atoms with Crippen molar-refractivity contribution in [2.45, 2.75) is 45.4 Å². The van der Waals surface area contributed by atoms with Gasteiger partial charge in [0.2, 0.25) is 0 Å². The van der Waals surface area contributed by atoms with Gasteiger partial charge in [-0.15, -0.1) is 0 Å². The van der Waals surface area contributed by atoms with Gasteiger partial charge in [-0.2, -0.15) is 0 Å². The molecule has 1 unspecified atom stereocenters. The summed E-state index contributed by atoms with van der Waals surface area (Å²) in [5.41, 5.74) is 3.85. The van der Waals surface area contributed by atoms with Crippen LogP contribution >= 0.6 is 15.9 Å². The van der Waals surface area contributed by atoms with Crippen LogP contribution in [-0.2, 0) is 6.42 Å². The van der Waals surface area contributed by atoms with Gasteiger partial charge in [-0.25, -0.2) is 0 Å². The Balaban J connectivity index is 2.89. The Bertz CT molecular complexity index is 371. The molecule has 0 N–H and O–H groups in total. The fourth-order valence-electron chi connectivity index (χ4n) is 2.32. The van der Waals surface area contributed by atoms with Crippen molar-refractivity contribution in [3.63, 3.8) is 0 Å². The fourth-order valence-corrected chi connectivity index (χ4v) is 3.42. The van der Waals surface area contributed by atoms with Crippen molar-refractivity contribution in [3.8, 4) is 5.75 Å². The van der Waals surface area contributed by atoms with Gasteiger partial charge in [0.1, 0.15) is 5.75 Å². The van der Waals surface area contributed by atoms with Crippen LogP contribution in [0.4, 0.5) is 0 Å². The molecule has 1 aromatic rings. The number of alkyl halides is 1. The molecule has 0 amide bonds. The van der Waals surface area contributed by atoms with Gasteiger partial charge >= 0.3 is 0 Å². The zero-order chi connectivity index (χ0) is 13.0. The van der Waals surface area contributed by atoms with Gasteiger partial charge in [-0.1, -0.05) is 47.5 Å². The van der Waals surface area contributed by atoms with Gasteiger partial charge in [0.05, 0.1) is 7.11 Å². The topological polar surface area (TPSA) is 9.23 Å². The van der Waals surface area contributed by atoms with E-state index in [2.05, 4.69) is 55.8 Å². The Labute approximate surface area is 114 Å². The summed E-state index contributed by atoms with van der Waals surface area (Å²) < 4.78 is 5.52. The summed E-state index contributed by atoms with van der Waals surface area (Å²) in [7, 11) is 1.76. The number of rotatable bonds is 5. The Morgan fingerprint density at radius 2 is 1.88 bits per heavy atom. The summed E-state index contributed by atoms with van der Waals surface area (Å²) in [6.07, 6.45) is 2.22. The lowest BCUT2D eigenvalue weighted by Crippen LogP contribution is -2.08. The number of benzene rings is 1. The van der Waals surface area contributed by atoms with E-state index in [0.717, 1.165) is 18.1 Å². The van der Waals surface area contributed by atoms with Crippen LogP contribution in [0.1, 0.15) is 37.0 Å². The molecular formula is C15H23BrO. The van der Waals surface area contributed by atoms with E-state index in [-0.39, 0.29) is 0 Å². The third-order valence-corrected chi connectivity index (χ3v) is 3.57. The first kappa shape index (κ1) is 14.6. The molecule has 0 aliphatic carbocycles. The summed E-state index contributed by atoms with van der Waals surface area (Å²) in [6, 6.07) is 4.41. The highest BCUT2D eigenvalue weighted by molar-refractivity contribution is 9.09. The average molecular weight is 299 g/mol. The molecule has 96 valence electrons. The van der Waals surface area contributed by atoms with E-state index in [0.29, 0.717) is 4.83 Å². The second kappa shape index (κ2) is 6.44. The normalized spacial score (nSPS) is 12.9. The zero-order valence-corrected chi connectivity index (χ0v) is 13.1. The molecule has 0 heterocycles. The smallest absolute Gasteiger partial charge is 0.125 e. The van der Waals surface area contributed by atoms with Gasteiger partial charge < -0.3 is 4.74 Å². The predicted octanol–water partition coefficient (Wildman–Crippen LogP) is 4.66. The molecule has 1 rings (SSSR count). The Morgan fingerprint density at radius 1 is 1.24 bits per heavy atom. The van der Waals surface area contributed by atoms with Crippen LogP contribution in [0.25, 0.3) is 0 Å². The molecule has 0 spiro atoms. The molecule has 0 fully saturated rings. The second-order valence-electron chi connectivity index (χ2n) is 5.21. The highest BCUT2D eigenvalue weighted by Gasteiger charge is 2.13. The molecule has 0 saturated carbocycles. The Kier molecular flexibility index (Phi) is 5.51. The van der Waals surface area contributed by atoms with Crippen molar-refractivity contribution in [1.82, 2.24) is 0 Å². The highest BCUT2D eigenvalue weighted by Crippen LogP contribution is 2.29. The van der Waals surface area contributed by atoms with Crippen LogP contribution in [0.15, 0.2) is 12.1 Å². The maximum absolute atomic E-state index is 5.52. The van der Waals surface area contributed by atoms with Crippen molar-refractivity contribution >= 4 is 15.9 Å². The number of aryl methyl sites for hydroxylation is 2. The molecular weight excluding hydrogens is 276 g/mol. The third kappa shape index (κ3) is 4.34. The van der Waals surface area contributed by atoms with Crippen LogP contribution in [0, 0.1) is 19.8 Å². The quantitative estimate of drug-likeness (QED) is 0.718. The number of ether oxygens (including phenoxy) is 1. The molecule has 0 aromatic heterocycles. The van der Waals surface area contributed by atoms with Crippen molar-refractivity contribution in [1.29, 1.82) is 0 Å². The summed E-state index contributed by atoms with van der Waals surface area (Å²) >= 11 is 3.77. The zero-order valence-electron chi connectivity index (χ0n) is 11.5. The van der Waals surface area contributed by atoms with Crippen molar-refractivity contribution < 1.29 is 4.74 Å². The largest absolute Gasteiger partial charge is 0.496 e. The van der Waals surface area contributed by atoms with Crippen molar-refractivity contribution in [3.05, 3.63) is 28.8 Å². The van der Waals surface area contributed by atoms with E-state index in [4.69, 9.17) is 4.74 Å². The third-order valence-electron chi connectivity index (χ3n) is 2.87. The molecule has 0 radical (unpaired) electrons. The number of hydrogen-bond donors (Lipinski definition) is 0. The second-order valence-corrected chi connectivity index (χ2v) is 6.50. The van der Waals surface area contributed by atoms with Crippen LogP contribution < -0.4 is 4.74 Å². The molecule has 1 atom stereocenters. The molecule has 1 aromatic carbocycles. The summed E-state index contributed by atoms with van der Waals surface area (Å²) in [5, 5.41) is 0. The van der Waals surface area contributed by atoms with E-state index in [1.54, 1.807) is 7.11 Å². The monoisotopic (exact) mass is 298 g/mol. The lowest BCUT2D eigenvalue weighted by molar-refractivity contribution is 0.405. The van der Waals surface area contributed by atoms with Crippen molar-refractivity contribution in [2.75, 3.05) is 7.11 Å². The molecule has 2 heteroatoms. The maximum Gasteiger partial charge on any atom is 0.125 e. The van der Waals surface area contributed by atoms with E-state index in [1.807, 2.05) is 0 Å². The van der Waals surface area contributed by atoms with E-state index < -0.39 is 0 Å². The lowest BCUT2D eigenvalue weighted by atomic mass is 9.98. The molecule has 0 saturated heterocycles. The Hall–Kier alpha value is -0.500. The number of hydrogen-bond acceptors (Lipinski definition) is 1. The van der Waals surface area contributed by atoms with E-state index >= 15 is 0 Å². The average Bonchev–Trinajstić information content (AvgIpc) is 2.15. The van der Waals surface area contributed by atoms with Gasteiger partial charge in [-0.05, 0) is 43.7 Å². The maximum atomic E-state index is 5.52. The van der Waals surface area contributed by atoms with Gasteiger partial charge in [0, 0.05) is 4.83 Å². The fraction of sp³-hybridized carbons (Fsp3) is 0.600. The number of halogens is 1. The van der Waals surface area contributed by atoms with Crippen LogP contribution in [0.2, 0.25) is 0 Å². The predicted molar refractivity (Wildman–Crippen MR) is 78.3 cm³/mol. The number of methoxy groups -OCH3 is 1. The van der Waals surface area contributed by atoms with E-state index in [1.165, 1.54) is 23.1 Å². The van der Waals surface area contributed by atoms with Crippen LogP contribution in [0.3, 0.4) is 0 Å². The molecule has 17 heavy (non-hydrogen) atoms. The standard InChI is InChI=1S/C15H23BrO/c1-10(2)6-14(16)9-13-8-11(3)7-12(4)15(13)17-5/h7-8,10,14H,6,9H2,1-5H3. The Morgan fingerprint density at radius 3 is 2.41 bits per heavy atom. The van der Waals surface area contributed by atoms with Crippen molar-refractivity contribution in [2.24, 2.45) is 5.92 Å². The first-order chi connectivity index (χ1) is 7.93. The highest BCUT2D eigenvalue weighted by atomic mass is 79.9. The molecule has 0 bridgehead atoms. The minimum atomic E-state index is 0.526. The SMILES string of the molecule is COc1c(C)cc(C)cc1CC(Br)CC(C)C. The van der Waals surface area contributed by atoms with Gasteiger partial charge in [-0.3, -0.25) is 0 Å². The molecule has 1 nitrogen and oxygen atoms in total. The van der Waals surface area contributed by atoms with Crippen LogP contribution in [0.5, 0.6) is 5.75 Å². The lowest BCUT2D eigenvalue weighted by Gasteiger charge is -2.17. The minimum Gasteiger partial charge on any atom is -0.496 e. The van der Waals surface area contributed by atoms with Crippen LogP contribution in [-0.4, -0.2) is 11.9 Å². The van der Waals surface area contributed by atoms with E-state index in [9.17, 15) is 0 Å². The van der Waals surface area contributed by atoms with Gasteiger partial charge in [0.25, 0.3) is 0 Å². The molecule has 0 aliphatic rings. The summed E-state index contributed by atoms with van der Waals surface area (Å²) in [4.78, 5) is 0.526. The first-order valence-electron chi connectivity index (χ1n) is 6.22. The summed E-state index contributed by atoms with van der Waals surface area (Å²) in [5.74, 6) is 1.76. The minimum absolute atomic E-state index is 0.526. The summed E-state index contributed by atoms with van der Waals surface area (Å²) in [6.45, 7) is 8.77. The first-order valence-corrected chi connectivity index (χ1v) is 7.13.